The predicted molar refractivity (Wildman–Crippen MR) is 81.5 cm³/mol. The fourth-order valence-electron chi connectivity index (χ4n) is 2.01. The van der Waals surface area contributed by atoms with Crippen molar-refractivity contribution in [2.75, 3.05) is 19.8 Å². The minimum Gasteiger partial charge on any atom is -0.494 e. The molecule has 3 heteroatoms. The van der Waals surface area contributed by atoms with Crippen molar-refractivity contribution in [1.82, 2.24) is 0 Å². The summed E-state index contributed by atoms with van der Waals surface area (Å²) < 4.78 is 11.3. The molecule has 0 atom stereocenters. The number of hydrogen-bond donors (Lipinski definition) is 1. The highest BCUT2D eigenvalue weighted by atomic mass is 16.5. The van der Waals surface area contributed by atoms with E-state index in [2.05, 4.69) is 19.1 Å². The summed E-state index contributed by atoms with van der Waals surface area (Å²) >= 11 is 0. The van der Waals surface area contributed by atoms with Gasteiger partial charge < -0.3 is 14.6 Å². The van der Waals surface area contributed by atoms with Crippen molar-refractivity contribution >= 4 is 10.8 Å². The van der Waals surface area contributed by atoms with Crippen molar-refractivity contribution in [3.05, 3.63) is 36.4 Å². The highest BCUT2D eigenvalue weighted by Crippen LogP contribution is 2.25. The Morgan fingerprint density at radius 1 is 0.850 bits per heavy atom. The summed E-state index contributed by atoms with van der Waals surface area (Å²) in [6.07, 6.45) is 2.66. The molecule has 2 rings (SSSR count). The van der Waals surface area contributed by atoms with Crippen LogP contribution in [0.3, 0.4) is 0 Å². The van der Waals surface area contributed by atoms with Gasteiger partial charge in [0.15, 0.2) is 0 Å². The zero-order valence-corrected chi connectivity index (χ0v) is 12.0. The standard InChI is InChI=1S/C17H22O3/c1-2-10-19-16-7-5-14-6-8-17(13-15(14)12-16)20-11-4-3-9-18/h5-8,12-13,18H,2-4,9-11H2,1H3. The van der Waals surface area contributed by atoms with Gasteiger partial charge in [-0.05, 0) is 54.3 Å². The monoisotopic (exact) mass is 274 g/mol. The van der Waals surface area contributed by atoms with E-state index in [1.165, 1.54) is 5.39 Å². The van der Waals surface area contributed by atoms with E-state index in [9.17, 15) is 0 Å². The molecular formula is C17H22O3. The predicted octanol–water partition coefficient (Wildman–Crippen LogP) is 3.78. The number of unbranched alkanes of at least 4 members (excludes halogenated alkanes) is 1. The minimum atomic E-state index is 0.221. The van der Waals surface area contributed by atoms with Gasteiger partial charge in [-0.25, -0.2) is 0 Å². The molecule has 0 saturated carbocycles. The Bertz CT molecular complexity index is 537. The Labute approximate surface area is 120 Å². The molecule has 0 unspecified atom stereocenters. The Morgan fingerprint density at radius 3 is 2.10 bits per heavy atom. The van der Waals surface area contributed by atoms with E-state index in [0.717, 1.165) is 42.8 Å². The largest absolute Gasteiger partial charge is 0.494 e. The second kappa shape index (κ2) is 7.75. The van der Waals surface area contributed by atoms with Gasteiger partial charge >= 0.3 is 0 Å². The summed E-state index contributed by atoms with van der Waals surface area (Å²) in [6, 6.07) is 12.2. The topological polar surface area (TPSA) is 38.7 Å². The first-order valence-corrected chi connectivity index (χ1v) is 7.24. The molecule has 108 valence electrons. The van der Waals surface area contributed by atoms with Crippen molar-refractivity contribution in [3.63, 3.8) is 0 Å². The summed E-state index contributed by atoms with van der Waals surface area (Å²) in [6.45, 7) is 3.69. The van der Waals surface area contributed by atoms with Crippen molar-refractivity contribution in [1.29, 1.82) is 0 Å². The van der Waals surface area contributed by atoms with E-state index < -0.39 is 0 Å². The highest BCUT2D eigenvalue weighted by Gasteiger charge is 2.00. The quantitative estimate of drug-likeness (QED) is 0.744. The molecule has 0 aliphatic carbocycles. The van der Waals surface area contributed by atoms with Crippen LogP contribution in [0.4, 0.5) is 0 Å². The molecule has 0 amide bonds. The van der Waals surface area contributed by atoms with E-state index >= 15 is 0 Å². The van der Waals surface area contributed by atoms with Crippen molar-refractivity contribution in [2.45, 2.75) is 26.2 Å². The number of benzene rings is 2. The molecule has 0 aromatic heterocycles. The zero-order chi connectivity index (χ0) is 14.2. The lowest BCUT2D eigenvalue weighted by Crippen LogP contribution is -1.98. The van der Waals surface area contributed by atoms with Crippen LogP contribution in [0.1, 0.15) is 26.2 Å². The summed E-state index contributed by atoms with van der Waals surface area (Å²) in [5.74, 6) is 1.76. The fourth-order valence-corrected chi connectivity index (χ4v) is 2.01. The lowest BCUT2D eigenvalue weighted by atomic mass is 10.1. The van der Waals surface area contributed by atoms with E-state index in [0.29, 0.717) is 6.61 Å². The lowest BCUT2D eigenvalue weighted by Gasteiger charge is -2.09. The average Bonchev–Trinajstić information content (AvgIpc) is 2.49. The van der Waals surface area contributed by atoms with Crippen LogP contribution in [-0.4, -0.2) is 24.9 Å². The molecule has 2 aromatic rings. The van der Waals surface area contributed by atoms with Crippen LogP contribution in [0.2, 0.25) is 0 Å². The van der Waals surface area contributed by atoms with E-state index in [4.69, 9.17) is 14.6 Å². The van der Waals surface area contributed by atoms with Crippen LogP contribution in [-0.2, 0) is 0 Å². The van der Waals surface area contributed by atoms with E-state index in [1.807, 2.05) is 24.3 Å². The molecule has 0 aliphatic rings. The maximum absolute atomic E-state index is 8.74. The number of fused-ring (bicyclic) bond motifs is 1. The van der Waals surface area contributed by atoms with Crippen LogP contribution in [0.15, 0.2) is 36.4 Å². The molecule has 0 bridgehead atoms. The summed E-state index contributed by atoms with van der Waals surface area (Å²) in [7, 11) is 0. The Kier molecular flexibility index (Phi) is 5.69. The third kappa shape index (κ3) is 4.14. The van der Waals surface area contributed by atoms with Gasteiger partial charge in [0.2, 0.25) is 0 Å². The molecule has 2 aromatic carbocycles. The van der Waals surface area contributed by atoms with Crippen molar-refractivity contribution in [3.8, 4) is 11.5 Å². The van der Waals surface area contributed by atoms with Gasteiger partial charge in [-0.3, -0.25) is 0 Å². The minimum absolute atomic E-state index is 0.221. The lowest BCUT2D eigenvalue weighted by molar-refractivity contribution is 0.253. The normalized spacial score (nSPS) is 10.7. The summed E-state index contributed by atoms with van der Waals surface area (Å²) in [5, 5.41) is 11.0. The number of rotatable bonds is 8. The first-order valence-electron chi connectivity index (χ1n) is 7.24. The maximum atomic E-state index is 8.74. The molecule has 3 nitrogen and oxygen atoms in total. The average molecular weight is 274 g/mol. The second-order valence-corrected chi connectivity index (χ2v) is 4.80. The van der Waals surface area contributed by atoms with Gasteiger partial charge in [0.25, 0.3) is 0 Å². The van der Waals surface area contributed by atoms with Gasteiger partial charge in [0.05, 0.1) is 13.2 Å². The van der Waals surface area contributed by atoms with E-state index in [-0.39, 0.29) is 6.61 Å². The van der Waals surface area contributed by atoms with Crippen LogP contribution in [0.5, 0.6) is 11.5 Å². The molecule has 0 spiro atoms. The second-order valence-electron chi connectivity index (χ2n) is 4.80. The molecule has 0 heterocycles. The third-order valence-corrected chi connectivity index (χ3v) is 3.08. The number of aliphatic hydroxyl groups is 1. The van der Waals surface area contributed by atoms with Crippen LogP contribution in [0, 0.1) is 0 Å². The SMILES string of the molecule is CCCOc1ccc2ccc(OCCCCO)cc2c1. The van der Waals surface area contributed by atoms with Crippen LogP contribution < -0.4 is 9.47 Å². The van der Waals surface area contributed by atoms with Crippen molar-refractivity contribution in [2.24, 2.45) is 0 Å². The zero-order valence-electron chi connectivity index (χ0n) is 12.0. The molecule has 0 radical (unpaired) electrons. The molecule has 0 saturated heterocycles. The van der Waals surface area contributed by atoms with Gasteiger partial charge in [-0.2, -0.15) is 0 Å². The molecule has 1 N–H and O–H groups in total. The summed E-state index contributed by atoms with van der Waals surface area (Å²) in [4.78, 5) is 0. The first kappa shape index (κ1) is 14.7. The summed E-state index contributed by atoms with van der Waals surface area (Å²) in [5.41, 5.74) is 0. The van der Waals surface area contributed by atoms with Crippen molar-refractivity contribution < 1.29 is 14.6 Å². The van der Waals surface area contributed by atoms with Crippen LogP contribution in [0.25, 0.3) is 10.8 Å². The van der Waals surface area contributed by atoms with Gasteiger partial charge in [-0.15, -0.1) is 0 Å². The molecule has 20 heavy (non-hydrogen) atoms. The Balaban J connectivity index is 2.06. The number of hydrogen-bond acceptors (Lipinski definition) is 3. The molecule has 0 aliphatic heterocycles. The first-order chi connectivity index (χ1) is 9.83. The Hall–Kier alpha value is -1.74. The highest BCUT2D eigenvalue weighted by molar-refractivity contribution is 5.85. The number of aliphatic hydroxyl groups excluding tert-OH is 1. The number of ether oxygens (including phenoxy) is 2. The van der Waals surface area contributed by atoms with Gasteiger partial charge in [-0.1, -0.05) is 19.1 Å². The van der Waals surface area contributed by atoms with Crippen LogP contribution >= 0.6 is 0 Å². The van der Waals surface area contributed by atoms with Gasteiger partial charge in [0, 0.05) is 6.61 Å². The Morgan fingerprint density at radius 2 is 1.50 bits per heavy atom. The van der Waals surface area contributed by atoms with Gasteiger partial charge in [0.1, 0.15) is 11.5 Å². The third-order valence-electron chi connectivity index (χ3n) is 3.08. The molecule has 0 fully saturated rings. The smallest absolute Gasteiger partial charge is 0.119 e. The maximum Gasteiger partial charge on any atom is 0.119 e. The van der Waals surface area contributed by atoms with E-state index in [1.54, 1.807) is 0 Å². The molecular weight excluding hydrogens is 252 g/mol. The fraction of sp³-hybridized carbons (Fsp3) is 0.412.